The van der Waals surface area contributed by atoms with E-state index in [4.69, 9.17) is 18.9 Å². The van der Waals surface area contributed by atoms with Gasteiger partial charge in [-0.1, -0.05) is 12.1 Å². The first-order valence-corrected chi connectivity index (χ1v) is 11.0. The summed E-state index contributed by atoms with van der Waals surface area (Å²) in [6, 6.07) is 10.3. The standard InChI is InChI=1S/C24H28O10/c1-31-14-5-2-12(3-6-14)4-7-15-8-13-9-16(10-17(26)19(13)23(30)32-15)33-24-22(29)21(28)20(27)18(11-25)34-24/h2-3,5-6,9-10,15,18,20-22,24-29H,4,7-8,11H2,1H3/t15-,18+,20+,21-,22+,24+/m1/s1. The predicted molar refractivity (Wildman–Crippen MR) is 117 cm³/mol. The summed E-state index contributed by atoms with van der Waals surface area (Å²) >= 11 is 0. The fourth-order valence-corrected chi connectivity index (χ4v) is 4.20. The van der Waals surface area contributed by atoms with Gasteiger partial charge in [0.15, 0.2) is 0 Å². The van der Waals surface area contributed by atoms with Crippen molar-refractivity contribution < 1.29 is 49.3 Å². The van der Waals surface area contributed by atoms with Crippen LogP contribution in [0.4, 0.5) is 0 Å². The summed E-state index contributed by atoms with van der Waals surface area (Å²) in [6.07, 6.45) is -6.09. The van der Waals surface area contributed by atoms with Gasteiger partial charge in [0.2, 0.25) is 6.29 Å². The van der Waals surface area contributed by atoms with Gasteiger partial charge in [-0.2, -0.15) is 0 Å². The molecule has 0 aromatic heterocycles. The number of carbonyl (C=O) groups is 1. The van der Waals surface area contributed by atoms with Crippen molar-refractivity contribution in [1.82, 2.24) is 0 Å². The van der Waals surface area contributed by atoms with Crippen LogP contribution in [0.2, 0.25) is 0 Å². The zero-order valence-corrected chi connectivity index (χ0v) is 18.5. The first-order chi connectivity index (χ1) is 16.3. The molecule has 0 amide bonds. The molecular weight excluding hydrogens is 448 g/mol. The van der Waals surface area contributed by atoms with Crippen LogP contribution in [0.1, 0.15) is 27.9 Å². The van der Waals surface area contributed by atoms with Crippen molar-refractivity contribution >= 4 is 5.97 Å². The number of phenols is 1. The van der Waals surface area contributed by atoms with Crippen molar-refractivity contribution in [1.29, 1.82) is 0 Å². The van der Waals surface area contributed by atoms with E-state index in [1.807, 2.05) is 24.3 Å². The summed E-state index contributed by atoms with van der Waals surface area (Å²) < 4.78 is 21.6. The van der Waals surface area contributed by atoms with Gasteiger partial charge in [-0.3, -0.25) is 0 Å². The number of aromatic hydroxyl groups is 1. The maximum Gasteiger partial charge on any atom is 0.342 e. The first-order valence-electron chi connectivity index (χ1n) is 11.0. The van der Waals surface area contributed by atoms with Crippen LogP contribution in [0.25, 0.3) is 0 Å². The zero-order valence-electron chi connectivity index (χ0n) is 18.5. The number of hydrogen-bond donors (Lipinski definition) is 5. The second-order valence-corrected chi connectivity index (χ2v) is 8.41. The second-order valence-electron chi connectivity index (χ2n) is 8.41. The molecule has 10 nitrogen and oxygen atoms in total. The molecule has 2 aliphatic heterocycles. The molecule has 1 fully saturated rings. The maximum atomic E-state index is 12.5. The van der Waals surface area contributed by atoms with Gasteiger partial charge < -0.3 is 44.5 Å². The van der Waals surface area contributed by atoms with Gasteiger partial charge in [0.25, 0.3) is 0 Å². The van der Waals surface area contributed by atoms with E-state index in [0.717, 1.165) is 11.3 Å². The van der Waals surface area contributed by atoms with Crippen LogP contribution in [0.15, 0.2) is 36.4 Å². The van der Waals surface area contributed by atoms with E-state index >= 15 is 0 Å². The normalized spacial score (nSPS) is 28.7. The molecule has 0 unspecified atom stereocenters. The molecule has 0 saturated carbocycles. The van der Waals surface area contributed by atoms with E-state index < -0.39 is 49.4 Å². The van der Waals surface area contributed by atoms with E-state index in [1.54, 1.807) is 7.11 Å². The molecule has 2 aliphatic rings. The number of phenolic OH excluding ortho intramolecular Hbond substituents is 1. The summed E-state index contributed by atoms with van der Waals surface area (Å²) in [6.45, 7) is -0.595. The van der Waals surface area contributed by atoms with Crippen LogP contribution in [-0.2, 0) is 22.3 Å². The van der Waals surface area contributed by atoms with Crippen LogP contribution >= 0.6 is 0 Å². The van der Waals surface area contributed by atoms with Gasteiger partial charge in [0.1, 0.15) is 53.3 Å². The van der Waals surface area contributed by atoms with Crippen molar-refractivity contribution in [2.24, 2.45) is 0 Å². The van der Waals surface area contributed by atoms with E-state index in [1.165, 1.54) is 12.1 Å². The number of benzene rings is 2. The number of esters is 1. The largest absolute Gasteiger partial charge is 0.507 e. The van der Waals surface area contributed by atoms with Gasteiger partial charge in [-0.25, -0.2) is 4.79 Å². The molecular formula is C24H28O10. The van der Waals surface area contributed by atoms with Gasteiger partial charge >= 0.3 is 5.97 Å². The average Bonchev–Trinajstić information content (AvgIpc) is 2.83. The zero-order chi connectivity index (χ0) is 24.4. The average molecular weight is 476 g/mol. The fraction of sp³-hybridized carbons (Fsp3) is 0.458. The highest BCUT2D eigenvalue weighted by Crippen LogP contribution is 2.35. The highest BCUT2D eigenvalue weighted by molar-refractivity contribution is 5.95. The molecule has 0 spiro atoms. The summed E-state index contributed by atoms with van der Waals surface area (Å²) in [4.78, 5) is 12.5. The number of rotatable bonds is 7. The van der Waals surface area contributed by atoms with Crippen molar-refractivity contribution in [2.45, 2.75) is 56.1 Å². The predicted octanol–water partition coefficient (Wildman–Crippen LogP) is 0.294. The summed E-state index contributed by atoms with van der Waals surface area (Å²) in [5, 5.41) is 49.8. The molecule has 4 rings (SSSR count). The topological polar surface area (TPSA) is 155 Å². The molecule has 2 aromatic carbocycles. The molecule has 34 heavy (non-hydrogen) atoms. The third-order valence-electron chi connectivity index (χ3n) is 6.11. The Morgan fingerprint density at radius 1 is 1.03 bits per heavy atom. The van der Waals surface area contributed by atoms with Crippen molar-refractivity contribution in [2.75, 3.05) is 13.7 Å². The maximum absolute atomic E-state index is 12.5. The number of aliphatic hydroxyl groups excluding tert-OH is 4. The minimum Gasteiger partial charge on any atom is -0.507 e. The Morgan fingerprint density at radius 2 is 1.76 bits per heavy atom. The number of aryl methyl sites for hydroxylation is 1. The quantitative estimate of drug-likeness (QED) is 0.352. The van der Waals surface area contributed by atoms with Crippen LogP contribution in [0.5, 0.6) is 17.2 Å². The Hall–Kier alpha value is -2.89. The minimum absolute atomic E-state index is 0.0434. The number of methoxy groups -OCH3 is 1. The smallest absolute Gasteiger partial charge is 0.342 e. The highest BCUT2D eigenvalue weighted by Gasteiger charge is 2.45. The number of fused-ring (bicyclic) bond motifs is 1. The minimum atomic E-state index is -1.60. The lowest BCUT2D eigenvalue weighted by Gasteiger charge is -2.39. The van der Waals surface area contributed by atoms with Crippen LogP contribution in [-0.4, -0.2) is 82.0 Å². The molecule has 2 aromatic rings. The number of hydrogen-bond acceptors (Lipinski definition) is 10. The molecule has 10 heteroatoms. The Balaban J connectivity index is 1.47. The number of ether oxygens (including phenoxy) is 4. The third kappa shape index (κ3) is 4.96. The van der Waals surface area contributed by atoms with E-state index in [2.05, 4.69) is 0 Å². The molecule has 184 valence electrons. The molecule has 6 atom stereocenters. The van der Waals surface area contributed by atoms with Crippen molar-refractivity contribution in [3.05, 3.63) is 53.1 Å². The molecule has 2 heterocycles. The number of aliphatic hydroxyl groups is 4. The van der Waals surface area contributed by atoms with E-state index in [-0.39, 0.29) is 17.1 Å². The summed E-state index contributed by atoms with van der Waals surface area (Å²) in [5.41, 5.74) is 1.61. The third-order valence-corrected chi connectivity index (χ3v) is 6.11. The molecule has 0 bridgehead atoms. The Bertz CT molecular complexity index is 1010. The number of cyclic esters (lactones) is 1. The van der Waals surface area contributed by atoms with Gasteiger partial charge in [0.05, 0.1) is 13.7 Å². The second kappa shape index (κ2) is 10.2. The fourth-order valence-electron chi connectivity index (χ4n) is 4.20. The van der Waals surface area contributed by atoms with Crippen molar-refractivity contribution in [3.8, 4) is 17.2 Å². The monoisotopic (exact) mass is 476 g/mol. The van der Waals surface area contributed by atoms with Crippen LogP contribution in [0, 0.1) is 0 Å². The molecule has 0 aliphatic carbocycles. The Kier molecular flexibility index (Phi) is 7.24. The Labute approximate surface area is 195 Å². The van der Waals surface area contributed by atoms with E-state index in [9.17, 15) is 30.3 Å². The lowest BCUT2D eigenvalue weighted by atomic mass is 9.94. The molecule has 0 radical (unpaired) electrons. The van der Waals surface area contributed by atoms with Gasteiger partial charge in [-0.15, -0.1) is 0 Å². The number of carbonyl (C=O) groups excluding carboxylic acids is 1. The SMILES string of the molecule is COc1ccc(CC[C@@H]2Cc3cc(O[C@H]4O[C@@H](CO)[C@H](O)[C@@H](O)[C@@H]4O)cc(O)c3C(=O)O2)cc1. The summed E-state index contributed by atoms with van der Waals surface area (Å²) in [7, 11) is 1.60. The van der Waals surface area contributed by atoms with Crippen molar-refractivity contribution in [3.63, 3.8) is 0 Å². The van der Waals surface area contributed by atoms with Crippen LogP contribution in [0.3, 0.4) is 0 Å². The summed E-state index contributed by atoms with van der Waals surface area (Å²) in [5.74, 6) is -0.151. The lowest BCUT2D eigenvalue weighted by molar-refractivity contribution is -0.277. The van der Waals surface area contributed by atoms with Gasteiger partial charge in [-0.05, 0) is 42.2 Å². The Morgan fingerprint density at radius 3 is 2.44 bits per heavy atom. The lowest BCUT2D eigenvalue weighted by Crippen LogP contribution is -2.60. The highest BCUT2D eigenvalue weighted by atomic mass is 16.7. The van der Waals surface area contributed by atoms with E-state index in [0.29, 0.717) is 24.8 Å². The van der Waals surface area contributed by atoms with Gasteiger partial charge in [0, 0.05) is 12.5 Å². The molecule has 1 saturated heterocycles. The first kappa shape index (κ1) is 24.2. The van der Waals surface area contributed by atoms with Crippen LogP contribution < -0.4 is 9.47 Å². The molecule has 5 N–H and O–H groups in total.